The van der Waals surface area contributed by atoms with Gasteiger partial charge >= 0.3 is 0 Å². The Balaban J connectivity index is 2.46. The third kappa shape index (κ3) is 3.53. The highest BCUT2D eigenvalue weighted by molar-refractivity contribution is 5.27. The summed E-state index contributed by atoms with van der Waals surface area (Å²) in [4.78, 5) is 0. The zero-order valence-electron chi connectivity index (χ0n) is 14.0. The lowest BCUT2D eigenvalue weighted by molar-refractivity contribution is -0.714. The van der Waals surface area contributed by atoms with E-state index in [9.17, 15) is 0 Å². The maximum Gasteiger partial charge on any atom is 0.183 e. The average molecular weight is 282 g/mol. The topological polar surface area (TPSA) is 3.88 Å². The van der Waals surface area contributed by atoms with Crippen LogP contribution in [0, 0.1) is 0 Å². The van der Waals surface area contributed by atoms with E-state index in [0.29, 0.717) is 17.9 Å². The molecular formula is C20H28N+. The molecular weight excluding hydrogens is 254 g/mol. The van der Waals surface area contributed by atoms with Gasteiger partial charge in [0.1, 0.15) is 0 Å². The van der Waals surface area contributed by atoms with Crippen LogP contribution < -0.4 is 4.57 Å². The number of benzene rings is 1. The Morgan fingerprint density at radius 2 is 1.48 bits per heavy atom. The van der Waals surface area contributed by atoms with E-state index in [1.165, 1.54) is 16.7 Å². The summed E-state index contributed by atoms with van der Waals surface area (Å²) in [5.41, 5.74) is 4.34. The number of rotatable bonds is 5. The zero-order chi connectivity index (χ0) is 15.4. The summed E-state index contributed by atoms with van der Waals surface area (Å²) in [6.07, 6.45) is 5.72. The molecule has 0 radical (unpaired) electrons. The second-order valence-corrected chi connectivity index (χ2v) is 6.45. The van der Waals surface area contributed by atoms with Gasteiger partial charge in [-0.25, -0.2) is 0 Å². The lowest BCUT2D eigenvalue weighted by atomic mass is 9.92. The smallest absolute Gasteiger partial charge is 0.183 e. The third-order valence-corrected chi connectivity index (χ3v) is 4.22. The lowest BCUT2D eigenvalue weighted by Crippen LogP contribution is -2.40. The fourth-order valence-corrected chi connectivity index (χ4v) is 3.04. The van der Waals surface area contributed by atoms with E-state index in [1.807, 2.05) is 0 Å². The van der Waals surface area contributed by atoms with Gasteiger partial charge in [0, 0.05) is 23.6 Å². The first-order valence-electron chi connectivity index (χ1n) is 8.14. The van der Waals surface area contributed by atoms with E-state index in [2.05, 4.69) is 88.0 Å². The molecule has 0 aliphatic rings. The summed E-state index contributed by atoms with van der Waals surface area (Å²) < 4.78 is 2.39. The van der Waals surface area contributed by atoms with Crippen LogP contribution in [0.4, 0.5) is 0 Å². The van der Waals surface area contributed by atoms with Crippen LogP contribution in [-0.4, -0.2) is 0 Å². The summed E-state index contributed by atoms with van der Waals surface area (Å²) in [7, 11) is 0. The van der Waals surface area contributed by atoms with Gasteiger partial charge in [-0.2, -0.15) is 4.57 Å². The van der Waals surface area contributed by atoms with Gasteiger partial charge in [-0.05, 0) is 17.4 Å². The number of hydrogen-bond acceptors (Lipinski definition) is 0. The molecule has 1 heteroatoms. The van der Waals surface area contributed by atoms with E-state index < -0.39 is 0 Å². The van der Waals surface area contributed by atoms with Crippen LogP contribution in [0.25, 0.3) is 0 Å². The predicted octanol–water partition coefficient (Wildman–Crippen LogP) is 5.22. The molecule has 0 bridgehead atoms. The van der Waals surface area contributed by atoms with Crippen LogP contribution in [0.5, 0.6) is 0 Å². The van der Waals surface area contributed by atoms with E-state index in [-0.39, 0.29) is 0 Å². The average Bonchev–Trinajstić information content (AvgIpc) is 2.48. The van der Waals surface area contributed by atoms with Crippen molar-refractivity contribution in [3.63, 3.8) is 0 Å². The first-order valence-corrected chi connectivity index (χ1v) is 8.14. The minimum Gasteiger partial charge on any atom is -0.198 e. The highest BCUT2D eigenvalue weighted by atomic mass is 15.0. The van der Waals surface area contributed by atoms with Crippen LogP contribution in [0.2, 0.25) is 0 Å². The molecule has 2 aromatic rings. The molecule has 0 aliphatic carbocycles. The van der Waals surface area contributed by atoms with Gasteiger partial charge in [-0.15, -0.1) is 0 Å². The number of aromatic nitrogens is 1. The normalized spacial score (nSPS) is 12.9. The van der Waals surface area contributed by atoms with Gasteiger partial charge in [0.05, 0.1) is 0 Å². The minimum atomic E-state index is 0.421. The van der Waals surface area contributed by atoms with Crippen molar-refractivity contribution in [1.29, 1.82) is 0 Å². The molecule has 0 fully saturated rings. The molecule has 0 spiro atoms. The Morgan fingerprint density at radius 1 is 0.857 bits per heavy atom. The molecule has 0 saturated heterocycles. The molecule has 1 aromatic carbocycles. The van der Waals surface area contributed by atoms with Gasteiger partial charge < -0.3 is 0 Å². The second-order valence-electron chi connectivity index (χ2n) is 6.45. The molecule has 1 heterocycles. The van der Waals surface area contributed by atoms with Crippen molar-refractivity contribution < 1.29 is 4.57 Å². The summed E-state index contributed by atoms with van der Waals surface area (Å²) in [5.74, 6) is 1.14. The summed E-state index contributed by atoms with van der Waals surface area (Å²) in [5, 5.41) is 0. The number of nitrogens with zero attached hydrogens (tertiary/aromatic N) is 1. The van der Waals surface area contributed by atoms with Crippen molar-refractivity contribution in [2.45, 2.75) is 58.9 Å². The molecule has 1 unspecified atom stereocenters. The fourth-order valence-electron chi connectivity index (χ4n) is 3.04. The molecule has 112 valence electrons. The van der Waals surface area contributed by atoms with Crippen LogP contribution in [-0.2, 0) is 0 Å². The maximum atomic E-state index is 2.39. The van der Waals surface area contributed by atoms with Gasteiger partial charge in [0.25, 0.3) is 0 Å². The summed E-state index contributed by atoms with van der Waals surface area (Å²) in [6, 6.07) is 13.5. The van der Waals surface area contributed by atoms with Gasteiger partial charge in [0.15, 0.2) is 18.4 Å². The van der Waals surface area contributed by atoms with Crippen molar-refractivity contribution >= 4 is 0 Å². The van der Waals surface area contributed by atoms with Crippen molar-refractivity contribution in [2.24, 2.45) is 0 Å². The van der Waals surface area contributed by atoms with E-state index in [1.54, 1.807) is 0 Å². The molecule has 1 atom stereocenters. The molecule has 1 aromatic heterocycles. The van der Waals surface area contributed by atoms with E-state index in [4.69, 9.17) is 0 Å². The molecule has 0 N–H and O–H groups in total. The van der Waals surface area contributed by atoms with Crippen molar-refractivity contribution in [2.75, 3.05) is 0 Å². The van der Waals surface area contributed by atoms with Crippen LogP contribution in [0.15, 0.2) is 48.8 Å². The predicted molar refractivity (Wildman–Crippen MR) is 89.7 cm³/mol. The largest absolute Gasteiger partial charge is 0.198 e. The summed E-state index contributed by atoms with van der Waals surface area (Å²) in [6.45, 7) is 11.4. The molecule has 2 rings (SSSR count). The molecule has 1 nitrogen and oxygen atoms in total. The van der Waals surface area contributed by atoms with Crippen LogP contribution in [0.3, 0.4) is 0 Å². The van der Waals surface area contributed by atoms with E-state index >= 15 is 0 Å². The maximum absolute atomic E-state index is 2.39. The van der Waals surface area contributed by atoms with Crippen LogP contribution >= 0.6 is 0 Å². The molecule has 0 aliphatic heterocycles. The SMILES string of the molecule is CCC(c1ccccc1)[n+]1ccc(C(C)C)c(C(C)C)c1. The molecule has 21 heavy (non-hydrogen) atoms. The molecule has 0 saturated carbocycles. The minimum absolute atomic E-state index is 0.421. The third-order valence-electron chi connectivity index (χ3n) is 4.22. The Bertz CT molecular complexity index is 570. The van der Waals surface area contributed by atoms with Crippen LogP contribution in [0.1, 0.15) is 75.6 Å². The number of pyridine rings is 1. The summed E-state index contributed by atoms with van der Waals surface area (Å²) >= 11 is 0. The zero-order valence-corrected chi connectivity index (χ0v) is 14.0. The first-order chi connectivity index (χ1) is 10.0. The van der Waals surface area contributed by atoms with Gasteiger partial charge in [-0.3, -0.25) is 0 Å². The second kappa shape index (κ2) is 6.89. The highest BCUT2D eigenvalue weighted by Gasteiger charge is 2.22. The number of hydrogen-bond donors (Lipinski definition) is 0. The highest BCUT2D eigenvalue weighted by Crippen LogP contribution is 2.25. The standard InChI is InChI=1S/C20H28N/c1-6-20(17-10-8-7-9-11-17)21-13-12-18(15(2)3)19(14-21)16(4)5/h7-16,20H,6H2,1-5H3/q+1. The molecule has 0 amide bonds. The van der Waals surface area contributed by atoms with E-state index in [0.717, 1.165) is 6.42 Å². The Kier molecular flexibility index (Phi) is 5.17. The Morgan fingerprint density at radius 3 is 2.00 bits per heavy atom. The fraction of sp³-hybridized carbons (Fsp3) is 0.450. The van der Waals surface area contributed by atoms with Crippen molar-refractivity contribution in [1.82, 2.24) is 0 Å². The Hall–Kier alpha value is -1.63. The Labute approximate surface area is 129 Å². The van der Waals surface area contributed by atoms with Gasteiger partial charge in [-0.1, -0.05) is 65.0 Å². The monoisotopic (exact) mass is 282 g/mol. The van der Waals surface area contributed by atoms with Crippen molar-refractivity contribution in [3.05, 3.63) is 65.5 Å². The lowest BCUT2D eigenvalue weighted by Gasteiger charge is -2.17. The van der Waals surface area contributed by atoms with Crippen molar-refractivity contribution in [3.8, 4) is 0 Å². The quantitative estimate of drug-likeness (QED) is 0.662. The first kappa shape index (κ1) is 15.8. The van der Waals surface area contributed by atoms with Gasteiger partial charge in [0.2, 0.25) is 0 Å².